The van der Waals surface area contributed by atoms with E-state index in [1.54, 1.807) is 36.0 Å². The molecule has 35 heavy (non-hydrogen) atoms. The summed E-state index contributed by atoms with van der Waals surface area (Å²) in [5.74, 6) is 0.564. The molecule has 0 aliphatic rings. The lowest BCUT2D eigenvalue weighted by molar-refractivity contribution is 0.102. The summed E-state index contributed by atoms with van der Waals surface area (Å²) in [4.78, 5) is 14.0. The van der Waals surface area contributed by atoms with Crippen LogP contribution in [0, 0.1) is 13.8 Å². The van der Waals surface area contributed by atoms with E-state index in [4.69, 9.17) is 0 Å². The Morgan fingerprint density at radius 1 is 0.771 bits per heavy atom. The summed E-state index contributed by atoms with van der Waals surface area (Å²) >= 11 is 1.74. The number of hydrogen-bond acceptors (Lipinski definition) is 4. The maximum Gasteiger partial charge on any atom is 0.261 e. The molecule has 0 aliphatic carbocycles. The van der Waals surface area contributed by atoms with E-state index in [1.807, 2.05) is 62.4 Å². The fraction of sp³-hybridized carbons (Fsp3) is 0.107. The number of nitrogens with one attached hydrogen (secondary N) is 2. The van der Waals surface area contributed by atoms with Gasteiger partial charge in [0.25, 0.3) is 15.9 Å². The van der Waals surface area contributed by atoms with E-state index < -0.39 is 10.0 Å². The molecule has 0 atom stereocenters. The zero-order chi connectivity index (χ0) is 24.8. The van der Waals surface area contributed by atoms with Crippen molar-refractivity contribution < 1.29 is 13.2 Å². The van der Waals surface area contributed by atoms with Gasteiger partial charge >= 0.3 is 0 Å². The van der Waals surface area contributed by atoms with Crippen molar-refractivity contribution in [2.75, 3.05) is 10.0 Å². The molecule has 0 aliphatic heterocycles. The summed E-state index contributed by atoms with van der Waals surface area (Å²) in [5.41, 5.74) is 4.46. The summed E-state index contributed by atoms with van der Waals surface area (Å²) < 4.78 is 28.3. The van der Waals surface area contributed by atoms with Gasteiger partial charge in [0.05, 0.1) is 10.6 Å². The number of para-hydroxylation sites is 1. The molecular formula is C28H26N2O3S2. The van der Waals surface area contributed by atoms with Crippen LogP contribution in [0.15, 0.2) is 107 Å². The fourth-order valence-corrected chi connectivity index (χ4v) is 5.60. The second kappa shape index (κ2) is 10.8. The molecule has 4 aromatic carbocycles. The number of hydrogen-bond donors (Lipinski definition) is 2. The molecule has 0 radical (unpaired) electrons. The third-order valence-corrected chi connectivity index (χ3v) is 7.95. The van der Waals surface area contributed by atoms with Crippen molar-refractivity contribution in [2.24, 2.45) is 0 Å². The van der Waals surface area contributed by atoms with Gasteiger partial charge in [0.2, 0.25) is 0 Å². The highest BCUT2D eigenvalue weighted by atomic mass is 32.2. The molecule has 0 aromatic heterocycles. The van der Waals surface area contributed by atoms with Crippen LogP contribution in [0.1, 0.15) is 27.0 Å². The first-order valence-electron chi connectivity index (χ1n) is 11.1. The summed E-state index contributed by atoms with van der Waals surface area (Å²) in [6, 6.07) is 29.4. The molecule has 0 fully saturated rings. The van der Waals surface area contributed by atoms with Crippen molar-refractivity contribution in [3.63, 3.8) is 0 Å². The Morgan fingerprint density at radius 2 is 1.40 bits per heavy atom. The summed E-state index contributed by atoms with van der Waals surface area (Å²) in [6.07, 6.45) is 0. The Bertz CT molecular complexity index is 1400. The first kappa shape index (κ1) is 24.6. The topological polar surface area (TPSA) is 75.3 Å². The minimum atomic E-state index is -3.75. The van der Waals surface area contributed by atoms with Crippen molar-refractivity contribution >= 4 is 39.1 Å². The second-order valence-corrected chi connectivity index (χ2v) is 10.9. The van der Waals surface area contributed by atoms with E-state index in [9.17, 15) is 13.2 Å². The molecule has 0 heterocycles. The predicted octanol–water partition coefficient (Wildman–Crippen LogP) is 6.65. The van der Waals surface area contributed by atoms with Crippen LogP contribution < -0.4 is 10.0 Å². The number of thioether (sulfide) groups is 1. The second-order valence-electron chi connectivity index (χ2n) is 8.15. The van der Waals surface area contributed by atoms with E-state index in [0.29, 0.717) is 16.9 Å². The van der Waals surface area contributed by atoms with Gasteiger partial charge in [0.1, 0.15) is 0 Å². The van der Waals surface area contributed by atoms with E-state index in [0.717, 1.165) is 22.4 Å². The first-order chi connectivity index (χ1) is 16.8. The van der Waals surface area contributed by atoms with Gasteiger partial charge in [0.15, 0.2) is 0 Å². The molecule has 5 nitrogen and oxygen atoms in total. The highest BCUT2D eigenvalue weighted by Crippen LogP contribution is 2.25. The van der Waals surface area contributed by atoms with Gasteiger partial charge in [-0.2, -0.15) is 0 Å². The molecule has 7 heteroatoms. The molecule has 4 aromatic rings. The number of benzene rings is 4. The van der Waals surface area contributed by atoms with Crippen molar-refractivity contribution in [1.82, 2.24) is 0 Å². The van der Waals surface area contributed by atoms with Crippen LogP contribution in [0.5, 0.6) is 0 Å². The minimum Gasteiger partial charge on any atom is -0.322 e. The lowest BCUT2D eigenvalue weighted by Gasteiger charge is -2.13. The van der Waals surface area contributed by atoms with E-state index >= 15 is 0 Å². The van der Waals surface area contributed by atoms with E-state index in [1.165, 1.54) is 17.0 Å². The SMILES string of the molecule is Cc1cccc(C)c1NS(=O)(=O)c1ccc(NC(=O)c2ccc(CSc3ccccc3)cc2)cc1. The van der Waals surface area contributed by atoms with Crippen LogP contribution in [0.2, 0.25) is 0 Å². The van der Waals surface area contributed by atoms with Crippen molar-refractivity contribution in [2.45, 2.75) is 29.4 Å². The number of sulfonamides is 1. The molecule has 0 unspecified atom stereocenters. The Kier molecular flexibility index (Phi) is 7.58. The minimum absolute atomic E-state index is 0.124. The normalized spacial score (nSPS) is 11.1. The van der Waals surface area contributed by atoms with Gasteiger partial charge < -0.3 is 5.32 Å². The standard InChI is InChI=1S/C28H26N2O3S2/c1-20-7-6-8-21(2)27(20)30-35(32,33)26-17-15-24(16-18-26)29-28(31)23-13-11-22(12-14-23)19-34-25-9-4-3-5-10-25/h3-18,30H,19H2,1-2H3,(H,29,31). The average Bonchev–Trinajstić information content (AvgIpc) is 2.86. The van der Waals surface area contributed by atoms with Crippen LogP contribution in [0.3, 0.4) is 0 Å². The highest BCUT2D eigenvalue weighted by Gasteiger charge is 2.17. The van der Waals surface area contributed by atoms with Crippen molar-refractivity contribution in [1.29, 1.82) is 0 Å². The molecule has 2 N–H and O–H groups in total. The summed E-state index contributed by atoms with van der Waals surface area (Å²) in [5, 5.41) is 2.82. The van der Waals surface area contributed by atoms with Gasteiger partial charge in [-0.15, -0.1) is 11.8 Å². The van der Waals surface area contributed by atoms with Gasteiger partial charge in [-0.1, -0.05) is 48.5 Å². The summed E-state index contributed by atoms with van der Waals surface area (Å²) in [6.45, 7) is 3.72. The molecule has 0 spiro atoms. The zero-order valence-electron chi connectivity index (χ0n) is 19.5. The molecule has 0 saturated carbocycles. The first-order valence-corrected chi connectivity index (χ1v) is 13.6. The molecule has 178 valence electrons. The molecule has 1 amide bonds. The van der Waals surface area contributed by atoms with Crippen molar-refractivity contribution in [3.8, 4) is 0 Å². The Balaban J connectivity index is 1.38. The highest BCUT2D eigenvalue weighted by molar-refractivity contribution is 7.98. The summed E-state index contributed by atoms with van der Waals surface area (Å²) in [7, 11) is -3.75. The molecular weight excluding hydrogens is 476 g/mol. The Labute approximate surface area is 210 Å². The van der Waals surface area contributed by atoms with Gasteiger partial charge in [-0.25, -0.2) is 8.42 Å². The van der Waals surface area contributed by atoms with E-state index in [-0.39, 0.29) is 10.8 Å². The van der Waals surface area contributed by atoms with Crippen LogP contribution >= 0.6 is 11.8 Å². The van der Waals surface area contributed by atoms with Crippen LogP contribution in [-0.4, -0.2) is 14.3 Å². The monoisotopic (exact) mass is 502 g/mol. The fourth-order valence-electron chi connectivity index (χ4n) is 3.53. The van der Waals surface area contributed by atoms with Gasteiger partial charge in [-0.05, 0) is 79.1 Å². The zero-order valence-corrected chi connectivity index (χ0v) is 21.1. The van der Waals surface area contributed by atoms with Crippen LogP contribution in [0.4, 0.5) is 11.4 Å². The number of carbonyl (C=O) groups excluding carboxylic acids is 1. The number of carbonyl (C=O) groups is 1. The van der Waals surface area contributed by atoms with Gasteiger partial charge in [-0.3, -0.25) is 9.52 Å². The lowest BCUT2D eigenvalue weighted by atomic mass is 10.1. The van der Waals surface area contributed by atoms with Gasteiger partial charge in [0, 0.05) is 21.9 Å². The number of anilines is 2. The molecule has 0 bridgehead atoms. The number of aryl methyl sites for hydroxylation is 2. The third-order valence-electron chi connectivity index (χ3n) is 5.50. The lowest BCUT2D eigenvalue weighted by Crippen LogP contribution is -2.15. The molecule has 4 rings (SSSR count). The van der Waals surface area contributed by atoms with Crippen molar-refractivity contribution in [3.05, 3.63) is 119 Å². The third kappa shape index (κ3) is 6.32. The number of amides is 1. The maximum absolute atomic E-state index is 12.8. The average molecular weight is 503 g/mol. The maximum atomic E-state index is 12.8. The Hall–Kier alpha value is -3.55. The smallest absolute Gasteiger partial charge is 0.261 e. The molecule has 0 saturated heterocycles. The van der Waals surface area contributed by atoms with E-state index in [2.05, 4.69) is 22.2 Å². The quantitative estimate of drug-likeness (QED) is 0.265. The Morgan fingerprint density at radius 3 is 2.03 bits per heavy atom. The largest absolute Gasteiger partial charge is 0.322 e. The van der Waals surface area contributed by atoms with Crippen LogP contribution in [-0.2, 0) is 15.8 Å². The number of rotatable bonds is 8. The van der Waals surface area contributed by atoms with Crippen LogP contribution in [0.25, 0.3) is 0 Å². The predicted molar refractivity (Wildman–Crippen MR) is 144 cm³/mol.